The summed E-state index contributed by atoms with van der Waals surface area (Å²) in [6, 6.07) is 6.17. The maximum Gasteiger partial charge on any atom is 0.290 e. The Balaban J connectivity index is 0.000000706. The lowest BCUT2D eigenvalue weighted by Gasteiger charge is -2.39. The number of benzene rings is 1. The van der Waals surface area contributed by atoms with Gasteiger partial charge in [0.1, 0.15) is 0 Å². The van der Waals surface area contributed by atoms with Crippen molar-refractivity contribution in [1.29, 1.82) is 0 Å². The number of nitrogens with zero attached hydrogens (tertiary/aromatic N) is 1. The fourth-order valence-electron chi connectivity index (χ4n) is 4.21. The molecule has 154 valence electrons. The molecule has 2 fully saturated rings. The third-order valence-electron chi connectivity index (χ3n) is 5.81. The lowest BCUT2D eigenvalue weighted by atomic mass is 9.98. The number of rotatable bonds is 5. The second-order valence-corrected chi connectivity index (χ2v) is 7.96. The van der Waals surface area contributed by atoms with Gasteiger partial charge in [-0.1, -0.05) is 31.9 Å². The van der Waals surface area contributed by atoms with Crippen LogP contribution in [-0.2, 0) is 16.0 Å². The highest BCUT2D eigenvalue weighted by molar-refractivity contribution is 6.00. The molecule has 3 aliphatic rings. The topological polar surface area (TPSA) is 78.9 Å². The molecular formula is C22H32N2O4. The molecule has 0 bridgehead atoms. The van der Waals surface area contributed by atoms with E-state index in [1.165, 1.54) is 31.2 Å². The molecule has 1 aliphatic carbocycles. The number of para-hydroxylation sites is 1. The summed E-state index contributed by atoms with van der Waals surface area (Å²) in [4.78, 5) is 23.7. The molecule has 6 nitrogen and oxygen atoms in total. The molecule has 0 unspecified atom stereocenters. The third-order valence-corrected chi connectivity index (χ3v) is 5.81. The number of hydrogen-bond donors (Lipinski definition) is 2. The predicted octanol–water partition coefficient (Wildman–Crippen LogP) is 3.56. The van der Waals surface area contributed by atoms with Gasteiger partial charge in [-0.3, -0.25) is 9.59 Å². The van der Waals surface area contributed by atoms with Crippen LogP contribution in [0.4, 0.5) is 5.69 Å². The number of carbonyl (C=O) groups excluding carboxylic acids is 1. The van der Waals surface area contributed by atoms with Crippen LogP contribution < -0.4 is 5.32 Å². The van der Waals surface area contributed by atoms with E-state index in [0.717, 1.165) is 50.1 Å². The van der Waals surface area contributed by atoms with Crippen LogP contribution in [0.5, 0.6) is 0 Å². The average molecular weight is 389 g/mol. The monoisotopic (exact) mass is 388 g/mol. The number of ether oxygens (including phenoxy) is 1. The molecule has 28 heavy (non-hydrogen) atoms. The van der Waals surface area contributed by atoms with Crippen molar-refractivity contribution in [3.05, 3.63) is 29.3 Å². The summed E-state index contributed by atoms with van der Waals surface area (Å²) < 4.78 is 6.33. The zero-order valence-corrected chi connectivity index (χ0v) is 16.7. The standard InChI is InChI=1S/C21H30N2O2.CH2O2/c1-2-3-8-17-13-23(14-19(25-17)15-10-11-15)21(24)18-9-4-6-16-7-5-12-22-20(16)18;2-1-3/h4,6,9,15,17,19,22H,2-3,5,7-8,10-14H2,1H3;1H,(H,2,3)/t17-,19-;/m1./s1. The molecule has 1 saturated carbocycles. The number of hydrogen-bond acceptors (Lipinski definition) is 4. The van der Waals surface area contributed by atoms with E-state index in [1.54, 1.807) is 0 Å². The molecule has 4 rings (SSSR count). The van der Waals surface area contributed by atoms with Gasteiger partial charge in [0.25, 0.3) is 12.4 Å². The van der Waals surface area contributed by atoms with Crippen molar-refractivity contribution in [2.75, 3.05) is 25.0 Å². The Labute approximate surface area is 167 Å². The number of morpholine rings is 1. The number of amides is 1. The zero-order chi connectivity index (χ0) is 19.9. The molecule has 1 aromatic rings. The molecule has 0 aromatic heterocycles. The number of carboxylic acid groups (broad SMARTS) is 1. The van der Waals surface area contributed by atoms with Gasteiger partial charge in [0.15, 0.2) is 0 Å². The third kappa shape index (κ3) is 5.04. The molecule has 1 aromatic carbocycles. The van der Waals surface area contributed by atoms with Crippen LogP contribution in [-0.4, -0.2) is 54.2 Å². The zero-order valence-electron chi connectivity index (χ0n) is 16.7. The van der Waals surface area contributed by atoms with E-state index in [4.69, 9.17) is 14.6 Å². The van der Waals surface area contributed by atoms with E-state index in [1.807, 2.05) is 12.1 Å². The highest BCUT2D eigenvalue weighted by Crippen LogP contribution is 2.38. The average Bonchev–Trinajstić information content (AvgIpc) is 3.57. The fourth-order valence-corrected chi connectivity index (χ4v) is 4.21. The van der Waals surface area contributed by atoms with E-state index >= 15 is 0 Å². The molecule has 2 N–H and O–H groups in total. The molecule has 1 saturated heterocycles. The smallest absolute Gasteiger partial charge is 0.290 e. The predicted molar refractivity (Wildman–Crippen MR) is 109 cm³/mol. The van der Waals surface area contributed by atoms with E-state index in [-0.39, 0.29) is 24.6 Å². The molecular weight excluding hydrogens is 356 g/mol. The number of nitrogens with one attached hydrogen (secondary N) is 1. The summed E-state index contributed by atoms with van der Waals surface area (Å²) in [5.74, 6) is 0.851. The summed E-state index contributed by atoms with van der Waals surface area (Å²) in [6.45, 7) is 4.43. The van der Waals surface area contributed by atoms with Gasteiger partial charge in [-0.05, 0) is 49.7 Å². The van der Waals surface area contributed by atoms with Crippen LogP contribution in [0.2, 0.25) is 0 Å². The van der Waals surface area contributed by atoms with Crippen molar-refractivity contribution in [3.63, 3.8) is 0 Å². The SMILES string of the molecule is CCCC[C@@H]1CN(C(=O)c2cccc3c2NCCC3)C[C@H](C2CC2)O1.O=CO. The first kappa shape index (κ1) is 20.6. The first-order valence-electron chi connectivity index (χ1n) is 10.6. The van der Waals surface area contributed by atoms with Crippen molar-refractivity contribution >= 4 is 18.1 Å². The van der Waals surface area contributed by atoms with Gasteiger partial charge in [-0.15, -0.1) is 0 Å². The van der Waals surface area contributed by atoms with E-state index in [0.29, 0.717) is 5.92 Å². The molecule has 6 heteroatoms. The van der Waals surface area contributed by atoms with E-state index < -0.39 is 0 Å². The summed E-state index contributed by atoms with van der Waals surface area (Å²) in [5, 5.41) is 10.4. The number of carbonyl (C=O) groups is 2. The minimum absolute atomic E-state index is 0.182. The molecule has 2 aliphatic heterocycles. The number of aryl methyl sites for hydroxylation is 1. The summed E-state index contributed by atoms with van der Waals surface area (Å²) in [6.07, 6.45) is 8.59. The highest BCUT2D eigenvalue weighted by atomic mass is 16.5. The van der Waals surface area contributed by atoms with Crippen LogP contribution >= 0.6 is 0 Å². The number of fused-ring (bicyclic) bond motifs is 1. The molecule has 0 radical (unpaired) electrons. The van der Waals surface area contributed by atoms with Gasteiger partial charge in [0.05, 0.1) is 23.5 Å². The van der Waals surface area contributed by atoms with Crippen molar-refractivity contribution in [1.82, 2.24) is 4.90 Å². The van der Waals surface area contributed by atoms with Crippen LogP contribution in [0.15, 0.2) is 18.2 Å². The Hall–Kier alpha value is -2.08. The lowest BCUT2D eigenvalue weighted by molar-refractivity contribution is -0.122. The van der Waals surface area contributed by atoms with Crippen LogP contribution in [0.25, 0.3) is 0 Å². The maximum absolute atomic E-state index is 13.3. The quantitative estimate of drug-likeness (QED) is 0.754. The Bertz CT molecular complexity index is 675. The normalized spacial score (nSPS) is 23.7. The van der Waals surface area contributed by atoms with Crippen molar-refractivity contribution in [2.24, 2.45) is 5.92 Å². The van der Waals surface area contributed by atoms with Crippen molar-refractivity contribution in [2.45, 2.75) is 64.1 Å². The summed E-state index contributed by atoms with van der Waals surface area (Å²) >= 11 is 0. The first-order valence-corrected chi connectivity index (χ1v) is 10.6. The second-order valence-electron chi connectivity index (χ2n) is 7.96. The van der Waals surface area contributed by atoms with Gasteiger partial charge < -0.3 is 20.1 Å². The minimum atomic E-state index is -0.250. The first-order chi connectivity index (χ1) is 13.7. The highest BCUT2D eigenvalue weighted by Gasteiger charge is 2.40. The number of unbranched alkanes of at least 4 members (excludes halogenated alkanes) is 1. The molecule has 2 heterocycles. The molecule has 1 amide bonds. The Morgan fingerprint density at radius 2 is 2.14 bits per heavy atom. The summed E-state index contributed by atoms with van der Waals surface area (Å²) in [5.41, 5.74) is 3.20. The molecule has 0 spiro atoms. The Morgan fingerprint density at radius 3 is 2.86 bits per heavy atom. The fraction of sp³-hybridized carbons (Fsp3) is 0.636. The van der Waals surface area contributed by atoms with E-state index in [2.05, 4.69) is 23.2 Å². The van der Waals surface area contributed by atoms with Crippen LogP contribution in [0.1, 0.15) is 61.4 Å². The van der Waals surface area contributed by atoms with Crippen LogP contribution in [0.3, 0.4) is 0 Å². The van der Waals surface area contributed by atoms with Gasteiger partial charge in [0, 0.05) is 19.6 Å². The maximum atomic E-state index is 13.3. The second kappa shape index (κ2) is 9.92. The Morgan fingerprint density at radius 1 is 1.36 bits per heavy atom. The van der Waals surface area contributed by atoms with Crippen LogP contribution in [0, 0.1) is 5.92 Å². The van der Waals surface area contributed by atoms with Crippen molar-refractivity contribution in [3.8, 4) is 0 Å². The molecule has 2 atom stereocenters. The summed E-state index contributed by atoms with van der Waals surface area (Å²) in [7, 11) is 0. The van der Waals surface area contributed by atoms with Gasteiger partial charge in [-0.25, -0.2) is 0 Å². The largest absolute Gasteiger partial charge is 0.483 e. The van der Waals surface area contributed by atoms with E-state index in [9.17, 15) is 4.79 Å². The number of anilines is 1. The lowest BCUT2D eigenvalue weighted by Crippen LogP contribution is -2.51. The van der Waals surface area contributed by atoms with Gasteiger partial charge in [0.2, 0.25) is 0 Å². The Kier molecular flexibility index (Phi) is 7.31. The van der Waals surface area contributed by atoms with Crippen molar-refractivity contribution < 1.29 is 19.4 Å². The van der Waals surface area contributed by atoms with Gasteiger partial charge in [-0.2, -0.15) is 0 Å². The van der Waals surface area contributed by atoms with Gasteiger partial charge >= 0.3 is 0 Å². The minimum Gasteiger partial charge on any atom is -0.483 e.